The molecule has 0 aliphatic heterocycles. The molecular weight excluding hydrogens is 358 g/mol. The summed E-state index contributed by atoms with van der Waals surface area (Å²) in [4.78, 5) is 24.2. The van der Waals surface area contributed by atoms with E-state index < -0.39 is 17.8 Å². The summed E-state index contributed by atoms with van der Waals surface area (Å²) in [6.45, 7) is 0.693. The van der Waals surface area contributed by atoms with Crippen molar-refractivity contribution in [1.29, 1.82) is 0 Å². The monoisotopic (exact) mass is 383 g/mol. The van der Waals surface area contributed by atoms with E-state index >= 15 is 0 Å². The SMILES string of the molecule is O=C(O)C1CCCCC1C(=O)Nc1ccccc1OCCOc1ccccc1. The van der Waals surface area contributed by atoms with Crippen molar-refractivity contribution in [2.24, 2.45) is 11.8 Å². The van der Waals surface area contributed by atoms with Gasteiger partial charge in [0.1, 0.15) is 24.7 Å². The van der Waals surface area contributed by atoms with Crippen LogP contribution in [0.2, 0.25) is 0 Å². The largest absolute Gasteiger partial charge is 0.490 e. The van der Waals surface area contributed by atoms with Gasteiger partial charge in [-0.2, -0.15) is 0 Å². The van der Waals surface area contributed by atoms with Gasteiger partial charge < -0.3 is 19.9 Å². The van der Waals surface area contributed by atoms with Crippen molar-refractivity contribution < 1.29 is 24.2 Å². The number of amides is 1. The fourth-order valence-corrected chi connectivity index (χ4v) is 3.49. The lowest BCUT2D eigenvalue weighted by Crippen LogP contribution is -2.36. The van der Waals surface area contributed by atoms with Crippen LogP contribution in [0, 0.1) is 11.8 Å². The van der Waals surface area contributed by atoms with Crippen LogP contribution in [0.3, 0.4) is 0 Å². The first-order valence-corrected chi connectivity index (χ1v) is 9.58. The zero-order valence-corrected chi connectivity index (χ0v) is 15.7. The predicted octanol–water partition coefficient (Wildman–Crippen LogP) is 3.97. The lowest BCUT2D eigenvalue weighted by Gasteiger charge is -2.27. The van der Waals surface area contributed by atoms with Crippen LogP contribution in [0.25, 0.3) is 0 Å². The number of hydrogen-bond donors (Lipinski definition) is 2. The molecule has 6 heteroatoms. The number of ether oxygens (including phenoxy) is 2. The highest BCUT2D eigenvalue weighted by Crippen LogP contribution is 2.32. The zero-order chi connectivity index (χ0) is 19.8. The van der Waals surface area contributed by atoms with Crippen molar-refractivity contribution in [3.8, 4) is 11.5 Å². The minimum Gasteiger partial charge on any atom is -0.490 e. The smallest absolute Gasteiger partial charge is 0.307 e. The Morgan fingerprint density at radius 1 is 0.893 bits per heavy atom. The molecule has 1 aliphatic carbocycles. The van der Waals surface area contributed by atoms with Crippen molar-refractivity contribution in [2.75, 3.05) is 18.5 Å². The highest BCUT2D eigenvalue weighted by molar-refractivity contribution is 5.96. The van der Waals surface area contributed by atoms with E-state index in [-0.39, 0.29) is 5.91 Å². The minimum atomic E-state index is -0.901. The summed E-state index contributed by atoms with van der Waals surface area (Å²) in [5, 5.41) is 12.3. The number of anilines is 1. The molecule has 1 aliphatic rings. The van der Waals surface area contributed by atoms with Crippen molar-refractivity contribution >= 4 is 17.6 Å². The maximum absolute atomic E-state index is 12.7. The normalized spacial score (nSPS) is 18.9. The first-order valence-electron chi connectivity index (χ1n) is 9.58. The highest BCUT2D eigenvalue weighted by atomic mass is 16.5. The molecule has 28 heavy (non-hydrogen) atoms. The second-order valence-electron chi connectivity index (χ2n) is 6.83. The number of benzene rings is 2. The fourth-order valence-electron chi connectivity index (χ4n) is 3.49. The number of para-hydroxylation sites is 3. The summed E-state index contributed by atoms with van der Waals surface area (Å²) < 4.78 is 11.4. The van der Waals surface area contributed by atoms with Gasteiger partial charge in [-0.3, -0.25) is 9.59 Å². The third-order valence-corrected chi connectivity index (χ3v) is 4.92. The Morgan fingerprint density at radius 2 is 1.54 bits per heavy atom. The highest BCUT2D eigenvalue weighted by Gasteiger charge is 2.35. The molecule has 0 bridgehead atoms. The molecule has 0 heterocycles. The van der Waals surface area contributed by atoms with Gasteiger partial charge in [-0.25, -0.2) is 0 Å². The van der Waals surface area contributed by atoms with Gasteiger partial charge in [0, 0.05) is 0 Å². The molecular formula is C22H25NO5. The molecule has 148 valence electrons. The molecule has 2 aromatic rings. The maximum atomic E-state index is 12.7. The molecule has 1 fully saturated rings. The number of carboxylic acids is 1. The number of hydrogen-bond acceptors (Lipinski definition) is 4. The number of carbonyl (C=O) groups is 2. The molecule has 1 saturated carbocycles. The van der Waals surface area contributed by atoms with E-state index in [0.29, 0.717) is 37.5 Å². The topological polar surface area (TPSA) is 84.9 Å². The summed E-state index contributed by atoms with van der Waals surface area (Å²) in [5.41, 5.74) is 0.543. The molecule has 0 aromatic heterocycles. The van der Waals surface area contributed by atoms with Gasteiger partial charge in [0.15, 0.2) is 0 Å². The molecule has 2 unspecified atom stereocenters. The van der Waals surface area contributed by atoms with E-state index in [1.165, 1.54) is 0 Å². The quantitative estimate of drug-likeness (QED) is 0.674. The van der Waals surface area contributed by atoms with E-state index in [1.807, 2.05) is 36.4 Å². The Hall–Kier alpha value is -3.02. The van der Waals surface area contributed by atoms with Gasteiger partial charge in [0.25, 0.3) is 0 Å². The average Bonchev–Trinajstić information content (AvgIpc) is 2.73. The van der Waals surface area contributed by atoms with E-state index in [4.69, 9.17) is 9.47 Å². The second-order valence-corrected chi connectivity index (χ2v) is 6.83. The summed E-state index contributed by atoms with van der Waals surface area (Å²) in [6, 6.07) is 16.6. The van der Waals surface area contributed by atoms with Gasteiger partial charge in [0.05, 0.1) is 17.5 Å². The Morgan fingerprint density at radius 3 is 2.29 bits per heavy atom. The minimum absolute atomic E-state index is 0.260. The van der Waals surface area contributed by atoms with Crippen molar-refractivity contribution in [3.05, 3.63) is 54.6 Å². The summed E-state index contributed by atoms with van der Waals surface area (Å²) >= 11 is 0. The molecule has 6 nitrogen and oxygen atoms in total. The molecule has 2 N–H and O–H groups in total. The van der Waals surface area contributed by atoms with Crippen LogP contribution < -0.4 is 14.8 Å². The fraction of sp³-hybridized carbons (Fsp3) is 0.364. The van der Waals surface area contributed by atoms with Gasteiger partial charge >= 0.3 is 5.97 Å². The molecule has 2 atom stereocenters. The van der Waals surface area contributed by atoms with E-state index in [1.54, 1.807) is 18.2 Å². The number of carboxylic acid groups (broad SMARTS) is 1. The molecule has 0 radical (unpaired) electrons. The molecule has 0 spiro atoms. The maximum Gasteiger partial charge on any atom is 0.307 e. The van der Waals surface area contributed by atoms with Gasteiger partial charge in [0.2, 0.25) is 5.91 Å². The standard InChI is InChI=1S/C22H25NO5/c24-21(17-10-4-5-11-18(17)22(25)26)23-19-12-6-7-13-20(19)28-15-14-27-16-8-2-1-3-9-16/h1-3,6-9,12-13,17-18H,4-5,10-11,14-15H2,(H,23,24)(H,25,26). The van der Waals surface area contributed by atoms with Crippen LogP contribution in [-0.2, 0) is 9.59 Å². The third kappa shape index (κ3) is 5.25. The van der Waals surface area contributed by atoms with E-state index in [2.05, 4.69) is 5.32 Å². The third-order valence-electron chi connectivity index (χ3n) is 4.92. The van der Waals surface area contributed by atoms with E-state index in [9.17, 15) is 14.7 Å². The predicted molar refractivity (Wildman–Crippen MR) is 106 cm³/mol. The summed E-state index contributed by atoms with van der Waals surface area (Å²) in [6.07, 6.45) is 2.86. The van der Waals surface area contributed by atoms with Crippen LogP contribution in [0.1, 0.15) is 25.7 Å². The first kappa shape index (κ1) is 19.7. The Labute approximate surface area is 164 Å². The first-order chi connectivity index (χ1) is 13.6. The van der Waals surface area contributed by atoms with Gasteiger partial charge in [-0.15, -0.1) is 0 Å². The summed E-state index contributed by atoms with van der Waals surface area (Å²) in [5.74, 6) is -0.993. The van der Waals surface area contributed by atoms with Crippen molar-refractivity contribution in [2.45, 2.75) is 25.7 Å². The van der Waals surface area contributed by atoms with Gasteiger partial charge in [-0.05, 0) is 37.1 Å². The Balaban J connectivity index is 1.57. The van der Waals surface area contributed by atoms with Gasteiger partial charge in [-0.1, -0.05) is 43.2 Å². The number of carbonyl (C=O) groups excluding carboxylic acids is 1. The van der Waals surface area contributed by atoms with Crippen LogP contribution >= 0.6 is 0 Å². The van der Waals surface area contributed by atoms with Crippen molar-refractivity contribution in [3.63, 3.8) is 0 Å². The van der Waals surface area contributed by atoms with Crippen LogP contribution in [-0.4, -0.2) is 30.2 Å². The number of aliphatic carboxylic acids is 1. The summed E-state index contributed by atoms with van der Waals surface area (Å²) in [7, 11) is 0. The lowest BCUT2D eigenvalue weighted by atomic mass is 9.78. The van der Waals surface area contributed by atoms with Crippen LogP contribution in [0.5, 0.6) is 11.5 Å². The lowest BCUT2D eigenvalue weighted by molar-refractivity contribution is -0.147. The van der Waals surface area contributed by atoms with E-state index in [0.717, 1.165) is 18.6 Å². The molecule has 0 saturated heterocycles. The Bertz CT molecular complexity index is 793. The zero-order valence-electron chi connectivity index (χ0n) is 15.7. The average molecular weight is 383 g/mol. The number of rotatable bonds is 8. The molecule has 3 rings (SSSR count). The van der Waals surface area contributed by atoms with Crippen LogP contribution in [0.15, 0.2) is 54.6 Å². The molecule has 2 aromatic carbocycles. The number of nitrogens with one attached hydrogen (secondary N) is 1. The Kier molecular flexibility index (Phi) is 6.89. The molecule has 1 amide bonds. The second kappa shape index (κ2) is 9.78. The van der Waals surface area contributed by atoms with Crippen molar-refractivity contribution in [1.82, 2.24) is 0 Å². The van der Waals surface area contributed by atoms with Crippen LogP contribution in [0.4, 0.5) is 5.69 Å².